The SMILES string of the molecule is CC(C)(NC(=O)C1CCC(NC(=O)CC2CCCCC2)CC1)C(=O)O. The summed E-state index contributed by atoms with van der Waals surface area (Å²) in [6, 6.07) is 0.146. The summed E-state index contributed by atoms with van der Waals surface area (Å²) in [6.45, 7) is 2.98. The molecule has 0 radical (unpaired) electrons. The minimum Gasteiger partial charge on any atom is -0.480 e. The molecule has 0 spiro atoms. The van der Waals surface area contributed by atoms with Crippen LogP contribution in [-0.2, 0) is 14.4 Å². The molecule has 0 unspecified atom stereocenters. The van der Waals surface area contributed by atoms with Gasteiger partial charge in [-0.05, 0) is 58.3 Å². The second kappa shape index (κ2) is 8.68. The normalized spacial score (nSPS) is 25.2. The number of nitrogens with one attached hydrogen (secondary N) is 2. The van der Waals surface area contributed by atoms with Gasteiger partial charge >= 0.3 is 5.97 Å². The lowest BCUT2D eigenvalue weighted by molar-refractivity contribution is -0.147. The molecule has 0 aromatic rings. The Morgan fingerprint density at radius 3 is 2.12 bits per heavy atom. The van der Waals surface area contributed by atoms with E-state index in [0.717, 1.165) is 12.8 Å². The number of carboxylic acid groups (broad SMARTS) is 1. The molecule has 2 aliphatic rings. The highest BCUT2D eigenvalue weighted by atomic mass is 16.4. The Kier molecular flexibility index (Phi) is 6.85. The molecule has 0 aromatic heterocycles. The van der Waals surface area contributed by atoms with E-state index >= 15 is 0 Å². The third-order valence-corrected chi connectivity index (χ3v) is 5.63. The molecule has 0 atom stereocenters. The Hall–Kier alpha value is -1.59. The predicted molar refractivity (Wildman–Crippen MR) is 94.9 cm³/mol. The Labute approximate surface area is 150 Å². The van der Waals surface area contributed by atoms with Gasteiger partial charge in [0.25, 0.3) is 0 Å². The van der Waals surface area contributed by atoms with Crippen molar-refractivity contribution in [3.8, 4) is 0 Å². The van der Waals surface area contributed by atoms with Crippen molar-refractivity contribution in [1.29, 1.82) is 0 Å². The van der Waals surface area contributed by atoms with Crippen LogP contribution in [0.5, 0.6) is 0 Å². The van der Waals surface area contributed by atoms with Gasteiger partial charge in [-0.1, -0.05) is 19.3 Å². The molecule has 6 heteroatoms. The molecule has 0 aromatic carbocycles. The van der Waals surface area contributed by atoms with E-state index in [2.05, 4.69) is 10.6 Å². The average molecular weight is 352 g/mol. The van der Waals surface area contributed by atoms with Crippen molar-refractivity contribution in [2.24, 2.45) is 11.8 Å². The molecule has 0 bridgehead atoms. The van der Waals surface area contributed by atoms with Gasteiger partial charge in [0.05, 0.1) is 0 Å². The fourth-order valence-electron chi connectivity index (χ4n) is 3.90. The summed E-state index contributed by atoms with van der Waals surface area (Å²) in [7, 11) is 0. The van der Waals surface area contributed by atoms with Crippen molar-refractivity contribution < 1.29 is 19.5 Å². The summed E-state index contributed by atoms with van der Waals surface area (Å²) in [4.78, 5) is 35.6. The molecule has 0 aliphatic heterocycles. The first-order chi connectivity index (χ1) is 11.8. The highest BCUT2D eigenvalue weighted by molar-refractivity contribution is 5.87. The van der Waals surface area contributed by atoms with E-state index in [1.165, 1.54) is 46.0 Å². The Morgan fingerprint density at radius 1 is 0.960 bits per heavy atom. The first kappa shape index (κ1) is 19.7. The topological polar surface area (TPSA) is 95.5 Å². The van der Waals surface area contributed by atoms with Crippen molar-refractivity contribution in [3.63, 3.8) is 0 Å². The first-order valence-corrected chi connectivity index (χ1v) is 9.62. The van der Waals surface area contributed by atoms with Crippen LogP contribution in [0, 0.1) is 11.8 Å². The first-order valence-electron chi connectivity index (χ1n) is 9.62. The third-order valence-electron chi connectivity index (χ3n) is 5.63. The zero-order chi connectivity index (χ0) is 18.4. The molecule has 2 saturated carbocycles. The summed E-state index contributed by atoms with van der Waals surface area (Å²) in [5.74, 6) is -0.713. The maximum Gasteiger partial charge on any atom is 0.328 e. The van der Waals surface area contributed by atoms with E-state index in [0.29, 0.717) is 25.2 Å². The number of hydrogen-bond donors (Lipinski definition) is 3. The van der Waals surface area contributed by atoms with Crippen LogP contribution in [0.1, 0.15) is 78.1 Å². The van der Waals surface area contributed by atoms with Crippen molar-refractivity contribution >= 4 is 17.8 Å². The molecule has 6 nitrogen and oxygen atoms in total. The zero-order valence-corrected chi connectivity index (χ0v) is 15.5. The number of carbonyl (C=O) groups excluding carboxylic acids is 2. The zero-order valence-electron chi connectivity index (χ0n) is 15.5. The van der Waals surface area contributed by atoms with Gasteiger partial charge in [-0.3, -0.25) is 9.59 Å². The molecule has 0 heterocycles. The van der Waals surface area contributed by atoms with E-state index < -0.39 is 11.5 Å². The predicted octanol–water partition coefficient (Wildman–Crippen LogP) is 2.61. The van der Waals surface area contributed by atoms with Gasteiger partial charge in [0.1, 0.15) is 5.54 Å². The van der Waals surface area contributed by atoms with Gasteiger partial charge in [0, 0.05) is 18.4 Å². The Morgan fingerprint density at radius 2 is 1.56 bits per heavy atom. The lowest BCUT2D eigenvalue weighted by Crippen LogP contribution is -2.52. The summed E-state index contributed by atoms with van der Waals surface area (Å²) < 4.78 is 0. The largest absolute Gasteiger partial charge is 0.480 e. The molecular formula is C19H32N2O4. The smallest absolute Gasteiger partial charge is 0.328 e. The molecule has 0 saturated heterocycles. The van der Waals surface area contributed by atoms with Crippen LogP contribution in [0.4, 0.5) is 0 Å². The maximum atomic E-state index is 12.2. The molecule has 142 valence electrons. The molecule has 2 aliphatic carbocycles. The summed E-state index contributed by atoms with van der Waals surface area (Å²) >= 11 is 0. The van der Waals surface area contributed by atoms with Gasteiger partial charge in [-0.25, -0.2) is 4.79 Å². The fraction of sp³-hybridized carbons (Fsp3) is 0.842. The molecule has 25 heavy (non-hydrogen) atoms. The molecule has 2 fully saturated rings. The van der Waals surface area contributed by atoms with Crippen LogP contribution in [0.3, 0.4) is 0 Å². The van der Waals surface area contributed by atoms with E-state index in [1.807, 2.05) is 0 Å². The van der Waals surface area contributed by atoms with Crippen LogP contribution >= 0.6 is 0 Å². The Balaban J connectivity index is 1.71. The van der Waals surface area contributed by atoms with E-state index in [-0.39, 0.29) is 23.8 Å². The number of rotatable bonds is 6. The van der Waals surface area contributed by atoms with E-state index in [9.17, 15) is 14.4 Å². The minimum atomic E-state index is -1.25. The number of aliphatic carboxylic acids is 1. The second-order valence-electron chi connectivity index (χ2n) is 8.24. The van der Waals surface area contributed by atoms with Gasteiger partial charge in [0.15, 0.2) is 0 Å². The number of hydrogen-bond acceptors (Lipinski definition) is 3. The highest BCUT2D eigenvalue weighted by Gasteiger charge is 2.34. The maximum absolute atomic E-state index is 12.2. The lowest BCUT2D eigenvalue weighted by atomic mass is 9.84. The third kappa shape index (κ3) is 6.01. The van der Waals surface area contributed by atoms with Gasteiger partial charge in [-0.2, -0.15) is 0 Å². The molecule has 2 rings (SSSR count). The standard InChI is InChI=1S/C19H32N2O4/c1-19(2,18(24)25)21-17(23)14-8-10-15(11-9-14)20-16(22)12-13-6-4-3-5-7-13/h13-15H,3-12H2,1-2H3,(H,20,22)(H,21,23)(H,24,25). The lowest BCUT2D eigenvalue weighted by Gasteiger charge is -2.31. The number of carboxylic acids is 1. The van der Waals surface area contributed by atoms with Crippen molar-refractivity contribution in [1.82, 2.24) is 10.6 Å². The Bertz CT molecular complexity index is 490. The van der Waals surface area contributed by atoms with Gasteiger partial charge in [-0.15, -0.1) is 0 Å². The van der Waals surface area contributed by atoms with Crippen molar-refractivity contribution in [3.05, 3.63) is 0 Å². The molecular weight excluding hydrogens is 320 g/mol. The second-order valence-corrected chi connectivity index (χ2v) is 8.24. The summed E-state index contributed by atoms with van der Waals surface area (Å²) in [5, 5.41) is 14.8. The highest BCUT2D eigenvalue weighted by Crippen LogP contribution is 2.28. The minimum absolute atomic E-state index is 0.145. The molecule has 2 amide bonds. The van der Waals surface area contributed by atoms with Crippen molar-refractivity contribution in [2.45, 2.75) is 89.6 Å². The van der Waals surface area contributed by atoms with Crippen LogP contribution in [0.25, 0.3) is 0 Å². The van der Waals surface area contributed by atoms with Crippen LogP contribution in [0.15, 0.2) is 0 Å². The average Bonchev–Trinajstić information content (AvgIpc) is 2.55. The monoisotopic (exact) mass is 352 g/mol. The van der Waals surface area contributed by atoms with E-state index in [4.69, 9.17) is 5.11 Å². The van der Waals surface area contributed by atoms with E-state index in [1.54, 1.807) is 0 Å². The van der Waals surface area contributed by atoms with Crippen molar-refractivity contribution in [2.75, 3.05) is 0 Å². The summed E-state index contributed by atoms with van der Waals surface area (Å²) in [6.07, 6.45) is 9.68. The van der Waals surface area contributed by atoms with Crippen LogP contribution in [0.2, 0.25) is 0 Å². The number of carbonyl (C=O) groups is 3. The quantitative estimate of drug-likeness (QED) is 0.685. The number of amides is 2. The van der Waals surface area contributed by atoms with Crippen LogP contribution < -0.4 is 10.6 Å². The van der Waals surface area contributed by atoms with Crippen LogP contribution in [-0.4, -0.2) is 34.5 Å². The van der Waals surface area contributed by atoms with Gasteiger partial charge in [0.2, 0.25) is 11.8 Å². The van der Waals surface area contributed by atoms with Gasteiger partial charge < -0.3 is 15.7 Å². The fourth-order valence-corrected chi connectivity index (χ4v) is 3.90. The summed E-state index contributed by atoms with van der Waals surface area (Å²) in [5.41, 5.74) is -1.25. The molecule has 3 N–H and O–H groups in total.